The van der Waals surface area contributed by atoms with E-state index in [0.29, 0.717) is 25.1 Å². The molecule has 0 bridgehead atoms. The fourth-order valence-electron chi connectivity index (χ4n) is 2.87. The number of furan rings is 1. The van der Waals surface area contributed by atoms with Crippen LogP contribution in [0.1, 0.15) is 29.0 Å². The highest BCUT2D eigenvalue weighted by atomic mass is 32.2. The molecule has 1 aromatic heterocycles. The van der Waals surface area contributed by atoms with E-state index in [1.165, 1.54) is 35.4 Å². The highest BCUT2D eigenvalue weighted by Gasteiger charge is 2.34. The van der Waals surface area contributed by atoms with Crippen molar-refractivity contribution in [3.63, 3.8) is 0 Å². The molecule has 9 heteroatoms. The topological polar surface area (TPSA) is 117 Å². The van der Waals surface area contributed by atoms with Gasteiger partial charge in [0.15, 0.2) is 0 Å². The molecule has 2 aromatic rings. The summed E-state index contributed by atoms with van der Waals surface area (Å²) >= 11 is 0. The highest BCUT2D eigenvalue weighted by Crippen LogP contribution is 2.21. The Labute approximate surface area is 150 Å². The van der Waals surface area contributed by atoms with Gasteiger partial charge in [0.2, 0.25) is 10.0 Å². The number of carbonyl (C=O) groups excluding carboxylic acids is 1. The van der Waals surface area contributed by atoms with Gasteiger partial charge in [0.25, 0.3) is 5.91 Å². The Kier molecular flexibility index (Phi) is 5.10. The average Bonchev–Trinajstić information content (AvgIpc) is 3.31. The third-order valence-electron chi connectivity index (χ3n) is 4.23. The Bertz CT molecular complexity index is 890. The molecule has 0 saturated carbocycles. The molecule has 1 aliphatic rings. The van der Waals surface area contributed by atoms with Crippen LogP contribution in [0.5, 0.6) is 0 Å². The number of aliphatic carboxylic acids is 1. The van der Waals surface area contributed by atoms with Gasteiger partial charge in [-0.25, -0.2) is 17.9 Å². The van der Waals surface area contributed by atoms with E-state index in [4.69, 9.17) is 4.42 Å². The minimum absolute atomic E-state index is 0.0109. The molecule has 0 aliphatic carbocycles. The lowest BCUT2D eigenvalue weighted by Crippen LogP contribution is -2.40. The lowest BCUT2D eigenvalue weighted by atomic mass is 10.1. The van der Waals surface area contributed by atoms with Crippen LogP contribution in [0.15, 0.2) is 52.0 Å². The summed E-state index contributed by atoms with van der Waals surface area (Å²) in [6, 6.07) is 7.90. The van der Waals surface area contributed by atoms with Crippen molar-refractivity contribution in [1.82, 2.24) is 9.62 Å². The van der Waals surface area contributed by atoms with Crippen LogP contribution in [0, 0.1) is 0 Å². The summed E-state index contributed by atoms with van der Waals surface area (Å²) in [5.74, 6) is -0.964. The molecule has 1 aromatic carbocycles. The van der Waals surface area contributed by atoms with E-state index in [-0.39, 0.29) is 17.0 Å². The quantitative estimate of drug-likeness (QED) is 0.786. The Morgan fingerprint density at radius 3 is 2.58 bits per heavy atom. The number of carboxylic acids is 1. The summed E-state index contributed by atoms with van der Waals surface area (Å²) in [6.07, 6.45) is 2.50. The third kappa shape index (κ3) is 3.78. The molecule has 8 nitrogen and oxygen atoms in total. The largest absolute Gasteiger partial charge is 0.480 e. The lowest BCUT2D eigenvalue weighted by molar-refractivity contribution is -0.141. The maximum absolute atomic E-state index is 12.5. The molecular formula is C17H18N2O6S. The second kappa shape index (κ2) is 7.30. The molecular weight excluding hydrogens is 360 g/mol. The molecule has 1 aliphatic heterocycles. The van der Waals surface area contributed by atoms with Gasteiger partial charge in [-0.1, -0.05) is 0 Å². The molecule has 138 valence electrons. The smallest absolute Gasteiger partial charge is 0.326 e. The highest BCUT2D eigenvalue weighted by molar-refractivity contribution is 7.89. The Balaban J connectivity index is 1.71. The van der Waals surface area contributed by atoms with Gasteiger partial charge in [0.05, 0.1) is 17.7 Å². The summed E-state index contributed by atoms with van der Waals surface area (Å²) in [4.78, 5) is 25.0. The van der Waals surface area contributed by atoms with Crippen LogP contribution in [-0.2, 0) is 21.4 Å². The van der Waals surface area contributed by atoms with Crippen molar-refractivity contribution in [2.45, 2.75) is 30.3 Å². The van der Waals surface area contributed by atoms with Crippen LogP contribution in [0.25, 0.3) is 0 Å². The van der Waals surface area contributed by atoms with Gasteiger partial charge in [-0.3, -0.25) is 4.79 Å². The Hall–Kier alpha value is -2.65. The fraction of sp³-hybridized carbons (Fsp3) is 0.294. The molecule has 1 atom stereocenters. The first-order valence-corrected chi connectivity index (χ1v) is 9.53. The zero-order valence-electron chi connectivity index (χ0n) is 13.8. The van der Waals surface area contributed by atoms with Crippen molar-refractivity contribution < 1.29 is 27.5 Å². The van der Waals surface area contributed by atoms with Gasteiger partial charge in [-0.15, -0.1) is 0 Å². The van der Waals surface area contributed by atoms with Crippen LogP contribution in [0.4, 0.5) is 0 Å². The number of likely N-dealkylation sites (tertiary alicyclic amines) is 1. The van der Waals surface area contributed by atoms with Crippen LogP contribution in [0.2, 0.25) is 0 Å². The number of hydrogen-bond acceptors (Lipinski definition) is 5. The predicted octanol–water partition coefficient (Wildman–Crippen LogP) is 1.45. The summed E-state index contributed by atoms with van der Waals surface area (Å²) < 4.78 is 32.0. The molecule has 1 amide bonds. The first-order valence-electron chi connectivity index (χ1n) is 8.04. The summed E-state index contributed by atoms with van der Waals surface area (Å²) in [5.41, 5.74) is 0.253. The minimum Gasteiger partial charge on any atom is -0.480 e. The van der Waals surface area contributed by atoms with Crippen molar-refractivity contribution in [2.24, 2.45) is 0 Å². The van der Waals surface area contributed by atoms with Gasteiger partial charge < -0.3 is 14.4 Å². The molecule has 26 heavy (non-hydrogen) atoms. The van der Waals surface area contributed by atoms with Crippen molar-refractivity contribution in [1.29, 1.82) is 0 Å². The van der Waals surface area contributed by atoms with Gasteiger partial charge in [0.1, 0.15) is 11.8 Å². The van der Waals surface area contributed by atoms with Crippen LogP contribution < -0.4 is 4.72 Å². The number of nitrogens with zero attached hydrogens (tertiary/aromatic N) is 1. The number of nitrogens with one attached hydrogen (secondary N) is 1. The number of sulfonamides is 1. The first kappa shape index (κ1) is 18.2. The fourth-order valence-corrected chi connectivity index (χ4v) is 3.86. The SMILES string of the molecule is O=C(O)C1CCCN1C(=O)c1ccc(S(=O)(=O)NCc2ccco2)cc1. The summed E-state index contributed by atoms with van der Waals surface area (Å²) in [5, 5.41) is 9.18. The van der Waals surface area contributed by atoms with Gasteiger partial charge in [0, 0.05) is 12.1 Å². The van der Waals surface area contributed by atoms with E-state index in [1.807, 2.05) is 0 Å². The lowest BCUT2D eigenvalue weighted by Gasteiger charge is -2.21. The standard InChI is InChI=1S/C17H18N2O6S/c20-16(19-9-1-4-15(19)17(21)22)12-5-7-14(8-6-12)26(23,24)18-11-13-3-2-10-25-13/h2-3,5-8,10,15,18H,1,4,9,11H2,(H,21,22). The van der Waals surface area contributed by atoms with E-state index in [2.05, 4.69) is 4.72 Å². The molecule has 0 spiro atoms. The van der Waals surface area contributed by atoms with Crippen molar-refractivity contribution in [3.8, 4) is 0 Å². The monoisotopic (exact) mass is 378 g/mol. The number of carboxylic acid groups (broad SMARTS) is 1. The maximum Gasteiger partial charge on any atom is 0.326 e. The summed E-state index contributed by atoms with van der Waals surface area (Å²) in [7, 11) is -3.75. The molecule has 1 saturated heterocycles. The Morgan fingerprint density at radius 1 is 1.23 bits per heavy atom. The van der Waals surface area contributed by atoms with E-state index in [0.717, 1.165) is 0 Å². The third-order valence-corrected chi connectivity index (χ3v) is 5.64. The zero-order valence-corrected chi connectivity index (χ0v) is 14.6. The minimum atomic E-state index is -3.75. The molecule has 1 unspecified atom stereocenters. The van der Waals surface area contributed by atoms with Crippen LogP contribution in [0.3, 0.4) is 0 Å². The second-order valence-electron chi connectivity index (χ2n) is 5.92. The molecule has 2 N–H and O–H groups in total. The number of amides is 1. The number of benzene rings is 1. The predicted molar refractivity (Wildman–Crippen MR) is 90.9 cm³/mol. The van der Waals surface area contributed by atoms with Crippen LogP contribution in [-0.4, -0.2) is 42.9 Å². The molecule has 3 rings (SSSR count). The average molecular weight is 378 g/mol. The van der Waals surface area contributed by atoms with Gasteiger partial charge in [-0.2, -0.15) is 0 Å². The van der Waals surface area contributed by atoms with E-state index in [9.17, 15) is 23.1 Å². The zero-order chi connectivity index (χ0) is 18.7. The summed E-state index contributed by atoms with van der Waals surface area (Å²) in [6.45, 7) is 0.393. The van der Waals surface area contributed by atoms with E-state index < -0.39 is 27.9 Å². The first-order chi connectivity index (χ1) is 12.4. The molecule has 0 radical (unpaired) electrons. The second-order valence-corrected chi connectivity index (χ2v) is 7.69. The molecule has 1 fully saturated rings. The normalized spacial score (nSPS) is 17.4. The van der Waals surface area contributed by atoms with Crippen molar-refractivity contribution >= 4 is 21.9 Å². The molecule has 2 heterocycles. The van der Waals surface area contributed by atoms with Crippen molar-refractivity contribution in [2.75, 3.05) is 6.54 Å². The van der Waals surface area contributed by atoms with Gasteiger partial charge >= 0.3 is 5.97 Å². The van der Waals surface area contributed by atoms with E-state index >= 15 is 0 Å². The number of hydrogen-bond donors (Lipinski definition) is 2. The number of rotatable bonds is 6. The number of carbonyl (C=O) groups is 2. The maximum atomic E-state index is 12.5. The van der Waals surface area contributed by atoms with Gasteiger partial charge in [-0.05, 0) is 49.2 Å². The van der Waals surface area contributed by atoms with Crippen LogP contribution >= 0.6 is 0 Å². The van der Waals surface area contributed by atoms with E-state index in [1.54, 1.807) is 12.1 Å². The Morgan fingerprint density at radius 2 is 1.96 bits per heavy atom. The van der Waals surface area contributed by atoms with Crippen molar-refractivity contribution in [3.05, 3.63) is 54.0 Å².